The molecule has 0 amide bonds. The highest BCUT2D eigenvalue weighted by molar-refractivity contribution is 9.10. The zero-order valence-electron chi connectivity index (χ0n) is 7.20. The van der Waals surface area contributed by atoms with Gasteiger partial charge in [-0.05, 0) is 28.3 Å². The average Bonchev–Trinajstić information content (AvgIpc) is 2.16. The number of halogens is 1. The van der Waals surface area contributed by atoms with Crippen LogP contribution in [0, 0.1) is 0 Å². The summed E-state index contributed by atoms with van der Waals surface area (Å²) >= 11 is 4.74. The molecule has 0 spiro atoms. The topological polar surface area (TPSA) is 39.2 Å². The molecule has 1 aromatic heterocycles. The Hall–Kier alpha value is -0.550. The summed E-state index contributed by atoms with van der Waals surface area (Å²) in [6.07, 6.45) is 3.46. The third-order valence-electron chi connectivity index (χ3n) is 1.42. The van der Waals surface area contributed by atoms with Gasteiger partial charge < -0.3 is 4.74 Å². The van der Waals surface area contributed by atoms with Crippen molar-refractivity contribution in [3.05, 3.63) is 22.4 Å². The van der Waals surface area contributed by atoms with Crippen molar-refractivity contribution in [2.45, 2.75) is 4.90 Å². The van der Waals surface area contributed by atoms with Crippen LogP contribution in [0.5, 0.6) is 0 Å². The zero-order chi connectivity index (χ0) is 9.84. The molecule has 1 heterocycles. The molecule has 1 rings (SSSR count). The van der Waals surface area contributed by atoms with Crippen LogP contribution < -0.4 is 0 Å². The highest BCUT2D eigenvalue weighted by Gasteiger charge is 2.12. The quantitative estimate of drug-likeness (QED) is 0.605. The van der Waals surface area contributed by atoms with E-state index in [1.165, 1.54) is 18.9 Å². The fourth-order valence-electron chi connectivity index (χ4n) is 0.826. The van der Waals surface area contributed by atoms with E-state index in [1.807, 2.05) is 12.3 Å². The van der Waals surface area contributed by atoms with E-state index >= 15 is 0 Å². The molecule has 0 radical (unpaired) electrons. The van der Waals surface area contributed by atoms with E-state index < -0.39 is 5.97 Å². The number of aromatic nitrogens is 1. The summed E-state index contributed by atoms with van der Waals surface area (Å²) in [6.45, 7) is 0. The minimum absolute atomic E-state index is 0.359. The van der Waals surface area contributed by atoms with Gasteiger partial charge in [0.15, 0.2) is 5.69 Å². The molecule has 0 saturated carbocycles. The smallest absolute Gasteiger partial charge is 0.357 e. The minimum Gasteiger partial charge on any atom is -0.464 e. The molecule has 1 aromatic rings. The molecule has 0 unspecified atom stereocenters. The van der Waals surface area contributed by atoms with Crippen LogP contribution in [-0.2, 0) is 4.74 Å². The van der Waals surface area contributed by atoms with Crippen LogP contribution in [0.3, 0.4) is 0 Å². The first-order chi connectivity index (χ1) is 6.19. The maximum absolute atomic E-state index is 11.2. The predicted octanol–water partition coefficient (Wildman–Crippen LogP) is 2.35. The fourth-order valence-corrected chi connectivity index (χ4v) is 1.88. The van der Waals surface area contributed by atoms with Crippen molar-refractivity contribution in [3.8, 4) is 0 Å². The van der Waals surface area contributed by atoms with Crippen LogP contribution in [-0.4, -0.2) is 24.3 Å². The molecule has 0 aromatic carbocycles. The molecule has 0 aliphatic heterocycles. The van der Waals surface area contributed by atoms with E-state index in [0.29, 0.717) is 5.69 Å². The number of rotatable bonds is 2. The van der Waals surface area contributed by atoms with Gasteiger partial charge in [0, 0.05) is 15.6 Å². The van der Waals surface area contributed by atoms with Crippen molar-refractivity contribution in [1.29, 1.82) is 0 Å². The number of ether oxygens (including phenoxy) is 1. The van der Waals surface area contributed by atoms with Crippen LogP contribution in [0.4, 0.5) is 0 Å². The van der Waals surface area contributed by atoms with Crippen LogP contribution in [0.15, 0.2) is 21.6 Å². The monoisotopic (exact) mass is 261 g/mol. The van der Waals surface area contributed by atoms with Gasteiger partial charge in [-0.3, -0.25) is 0 Å². The standard InChI is InChI=1S/C8H8BrNO2S/c1-12-8(11)7-6(13-2)3-5(9)4-10-7/h3-4H,1-2H3. The molecule has 0 aliphatic rings. The lowest BCUT2D eigenvalue weighted by Crippen LogP contribution is -2.05. The lowest BCUT2D eigenvalue weighted by molar-refractivity contribution is 0.0589. The molecule has 5 heteroatoms. The van der Waals surface area contributed by atoms with E-state index in [9.17, 15) is 4.79 Å². The van der Waals surface area contributed by atoms with Crippen molar-refractivity contribution >= 4 is 33.7 Å². The lowest BCUT2D eigenvalue weighted by atomic mass is 10.3. The first kappa shape index (κ1) is 10.5. The Morgan fingerprint density at radius 3 is 2.92 bits per heavy atom. The molecular formula is C8H8BrNO2S. The number of thioether (sulfide) groups is 1. The van der Waals surface area contributed by atoms with Gasteiger partial charge in [0.2, 0.25) is 0 Å². The van der Waals surface area contributed by atoms with E-state index in [1.54, 1.807) is 6.20 Å². The summed E-state index contributed by atoms with van der Waals surface area (Å²) in [5.41, 5.74) is 0.359. The largest absolute Gasteiger partial charge is 0.464 e. The molecule has 70 valence electrons. The lowest BCUT2D eigenvalue weighted by Gasteiger charge is -2.03. The highest BCUT2D eigenvalue weighted by atomic mass is 79.9. The summed E-state index contributed by atoms with van der Waals surface area (Å²) in [5, 5.41) is 0. The molecule has 13 heavy (non-hydrogen) atoms. The number of pyridine rings is 1. The number of carbonyl (C=O) groups excluding carboxylic acids is 1. The number of methoxy groups -OCH3 is 1. The molecular weight excluding hydrogens is 254 g/mol. The van der Waals surface area contributed by atoms with Crippen molar-refractivity contribution < 1.29 is 9.53 Å². The van der Waals surface area contributed by atoms with Gasteiger partial charge in [0.05, 0.1) is 7.11 Å². The molecule has 0 atom stereocenters. The van der Waals surface area contributed by atoms with Crippen LogP contribution in [0.25, 0.3) is 0 Å². The van der Waals surface area contributed by atoms with E-state index in [2.05, 4.69) is 25.7 Å². The third-order valence-corrected chi connectivity index (χ3v) is 2.60. The summed E-state index contributed by atoms with van der Waals surface area (Å²) in [7, 11) is 1.34. The number of esters is 1. The summed E-state index contributed by atoms with van der Waals surface area (Å²) in [6, 6.07) is 1.84. The van der Waals surface area contributed by atoms with Crippen molar-refractivity contribution in [1.82, 2.24) is 4.98 Å². The first-order valence-corrected chi connectivity index (χ1v) is 5.48. The number of hydrogen-bond acceptors (Lipinski definition) is 4. The Morgan fingerprint density at radius 2 is 2.38 bits per heavy atom. The average molecular weight is 262 g/mol. The molecule has 0 N–H and O–H groups in total. The molecule has 3 nitrogen and oxygen atoms in total. The Bertz CT molecular complexity index is 330. The molecule has 0 bridgehead atoms. The fraction of sp³-hybridized carbons (Fsp3) is 0.250. The predicted molar refractivity (Wildman–Crippen MR) is 55.1 cm³/mol. The van der Waals surface area contributed by atoms with Crippen LogP contribution >= 0.6 is 27.7 Å². The van der Waals surface area contributed by atoms with Gasteiger partial charge in [-0.15, -0.1) is 11.8 Å². The normalized spacial score (nSPS) is 9.77. The van der Waals surface area contributed by atoms with Crippen molar-refractivity contribution in [3.63, 3.8) is 0 Å². The van der Waals surface area contributed by atoms with Crippen molar-refractivity contribution in [2.24, 2.45) is 0 Å². The van der Waals surface area contributed by atoms with Crippen molar-refractivity contribution in [2.75, 3.05) is 13.4 Å². The molecule has 0 fully saturated rings. The molecule has 0 saturated heterocycles. The Labute approximate surface area is 89.0 Å². The maximum Gasteiger partial charge on any atom is 0.357 e. The van der Waals surface area contributed by atoms with E-state index in [-0.39, 0.29) is 0 Å². The second-order valence-corrected chi connectivity index (χ2v) is 3.96. The van der Waals surface area contributed by atoms with Gasteiger partial charge in [-0.25, -0.2) is 9.78 Å². The third kappa shape index (κ3) is 2.45. The second-order valence-electron chi connectivity index (χ2n) is 2.20. The molecule has 0 aliphatic carbocycles. The highest BCUT2D eigenvalue weighted by Crippen LogP contribution is 2.22. The van der Waals surface area contributed by atoms with Gasteiger partial charge in [-0.1, -0.05) is 0 Å². The summed E-state index contributed by atoms with van der Waals surface area (Å²) in [5.74, 6) is -0.406. The Balaban J connectivity index is 3.13. The van der Waals surface area contributed by atoms with Crippen LogP contribution in [0.1, 0.15) is 10.5 Å². The van der Waals surface area contributed by atoms with Crippen LogP contribution in [0.2, 0.25) is 0 Å². The zero-order valence-corrected chi connectivity index (χ0v) is 9.61. The van der Waals surface area contributed by atoms with Gasteiger partial charge in [0.25, 0.3) is 0 Å². The Morgan fingerprint density at radius 1 is 1.69 bits per heavy atom. The summed E-state index contributed by atoms with van der Waals surface area (Å²) in [4.78, 5) is 16.0. The number of nitrogens with zero attached hydrogens (tertiary/aromatic N) is 1. The number of carbonyl (C=O) groups is 1. The maximum atomic E-state index is 11.2. The Kier molecular flexibility index (Phi) is 3.74. The van der Waals surface area contributed by atoms with E-state index in [0.717, 1.165) is 9.37 Å². The minimum atomic E-state index is -0.406. The van der Waals surface area contributed by atoms with Gasteiger partial charge in [-0.2, -0.15) is 0 Å². The first-order valence-electron chi connectivity index (χ1n) is 3.47. The number of hydrogen-bond donors (Lipinski definition) is 0. The van der Waals surface area contributed by atoms with Gasteiger partial charge >= 0.3 is 5.97 Å². The van der Waals surface area contributed by atoms with E-state index in [4.69, 9.17) is 0 Å². The second kappa shape index (κ2) is 4.62. The summed E-state index contributed by atoms with van der Waals surface area (Å²) < 4.78 is 5.44. The SMILES string of the molecule is COC(=O)c1ncc(Br)cc1SC. The van der Waals surface area contributed by atoms with Gasteiger partial charge in [0.1, 0.15) is 0 Å².